The van der Waals surface area contributed by atoms with Crippen LogP contribution in [0.15, 0.2) is 78.9 Å². The third-order valence-electron chi connectivity index (χ3n) is 4.75. The van der Waals surface area contributed by atoms with E-state index in [4.69, 9.17) is 9.47 Å². The number of hydrogen-bond donors (Lipinski definition) is 1. The van der Waals surface area contributed by atoms with Crippen molar-refractivity contribution in [2.24, 2.45) is 0 Å². The first-order valence-corrected chi connectivity index (χ1v) is 10.2. The van der Waals surface area contributed by atoms with Gasteiger partial charge in [0.15, 0.2) is 0 Å². The van der Waals surface area contributed by atoms with Crippen LogP contribution in [0.2, 0.25) is 0 Å². The number of benzene rings is 3. The standard InChI is InChI=1S/C26H31NO2/c1-20(29-25-14-10-22(11-15-25)26(2,3)4)18-27-23-12-16-24(17-13-23)28-19-21-8-6-5-7-9-21/h5-17,20,27H,18-19H2,1-4H3. The van der Waals surface area contributed by atoms with Crippen molar-refractivity contribution in [3.8, 4) is 11.5 Å². The predicted octanol–water partition coefficient (Wildman–Crippen LogP) is 6.44. The van der Waals surface area contributed by atoms with E-state index in [1.54, 1.807) is 0 Å². The average molecular weight is 390 g/mol. The molecule has 1 N–H and O–H groups in total. The molecule has 0 aliphatic rings. The molecule has 3 aromatic rings. The van der Waals surface area contributed by atoms with Crippen LogP contribution in [-0.2, 0) is 12.0 Å². The molecule has 0 saturated carbocycles. The highest BCUT2D eigenvalue weighted by molar-refractivity contribution is 5.46. The van der Waals surface area contributed by atoms with E-state index in [1.165, 1.54) is 5.56 Å². The van der Waals surface area contributed by atoms with Gasteiger partial charge in [-0.3, -0.25) is 0 Å². The second-order valence-electron chi connectivity index (χ2n) is 8.38. The van der Waals surface area contributed by atoms with Crippen LogP contribution in [0, 0.1) is 0 Å². The van der Waals surface area contributed by atoms with Crippen molar-refractivity contribution in [2.75, 3.05) is 11.9 Å². The van der Waals surface area contributed by atoms with E-state index in [-0.39, 0.29) is 11.5 Å². The van der Waals surface area contributed by atoms with Gasteiger partial charge >= 0.3 is 0 Å². The van der Waals surface area contributed by atoms with Crippen LogP contribution in [0.4, 0.5) is 5.69 Å². The van der Waals surface area contributed by atoms with E-state index in [1.807, 2.05) is 42.5 Å². The van der Waals surface area contributed by atoms with Crippen molar-refractivity contribution in [3.05, 3.63) is 90.0 Å². The molecule has 3 rings (SSSR count). The maximum absolute atomic E-state index is 6.03. The molecule has 3 heteroatoms. The Labute approximate surface area is 174 Å². The number of ether oxygens (including phenoxy) is 2. The molecule has 0 fully saturated rings. The normalized spacial score (nSPS) is 12.3. The molecule has 0 heterocycles. The molecule has 152 valence electrons. The van der Waals surface area contributed by atoms with Gasteiger partial charge in [-0.15, -0.1) is 0 Å². The van der Waals surface area contributed by atoms with Crippen molar-refractivity contribution in [1.82, 2.24) is 0 Å². The van der Waals surface area contributed by atoms with Gasteiger partial charge in [0.25, 0.3) is 0 Å². The highest BCUT2D eigenvalue weighted by Gasteiger charge is 2.13. The Morgan fingerprint density at radius 1 is 0.793 bits per heavy atom. The van der Waals surface area contributed by atoms with Crippen LogP contribution in [-0.4, -0.2) is 12.6 Å². The van der Waals surface area contributed by atoms with Crippen molar-refractivity contribution in [2.45, 2.75) is 45.8 Å². The maximum Gasteiger partial charge on any atom is 0.119 e. The highest BCUT2D eigenvalue weighted by Crippen LogP contribution is 2.24. The van der Waals surface area contributed by atoms with Gasteiger partial charge in [0.1, 0.15) is 24.2 Å². The van der Waals surface area contributed by atoms with E-state index < -0.39 is 0 Å². The van der Waals surface area contributed by atoms with Gasteiger partial charge in [0.05, 0.1) is 6.54 Å². The zero-order valence-electron chi connectivity index (χ0n) is 17.8. The summed E-state index contributed by atoms with van der Waals surface area (Å²) in [5, 5.41) is 3.42. The minimum Gasteiger partial charge on any atom is -0.489 e. The molecule has 1 unspecified atom stereocenters. The van der Waals surface area contributed by atoms with E-state index in [2.05, 4.69) is 69.4 Å². The van der Waals surface area contributed by atoms with E-state index in [9.17, 15) is 0 Å². The SMILES string of the molecule is CC(CNc1ccc(OCc2ccccc2)cc1)Oc1ccc(C(C)(C)C)cc1. The maximum atomic E-state index is 6.03. The Morgan fingerprint density at radius 2 is 1.41 bits per heavy atom. The van der Waals surface area contributed by atoms with E-state index >= 15 is 0 Å². The van der Waals surface area contributed by atoms with Gasteiger partial charge in [-0.25, -0.2) is 0 Å². The van der Waals surface area contributed by atoms with Crippen LogP contribution in [0.25, 0.3) is 0 Å². The summed E-state index contributed by atoms with van der Waals surface area (Å²) in [6.45, 7) is 10.0. The second-order valence-corrected chi connectivity index (χ2v) is 8.38. The molecule has 0 aliphatic heterocycles. The quantitative estimate of drug-likeness (QED) is 0.481. The largest absolute Gasteiger partial charge is 0.489 e. The fourth-order valence-electron chi connectivity index (χ4n) is 2.98. The first-order valence-electron chi connectivity index (χ1n) is 10.2. The van der Waals surface area contributed by atoms with Gasteiger partial charge in [0.2, 0.25) is 0 Å². The minimum absolute atomic E-state index is 0.0597. The van der Waals surface area contributed by atoms with Gasteiger partial charge < -0.3 is 14.8 Å². The Kier molecular flexibility index (Phi) is 6.82. The molecular formula is C26H31NO2. The van der Waals surface area contributed by atoms with Gasteiger partial charge in [-0.2, -0.15) is 0 Å². The van der Waals surface area contributed by atoms with Crippen molar-refractivity contribution in [1.29, 1.82) is 0 Å². The molecule has 0 spiro atoms. The van der Waals surface area contributed by atoms with Crippen LogP contribution < -0.4 is 14.8 Å². The van der Waals surface area contributed by atoms with Crippen LogP contribution in [0.3, 0.4) is 0 Å². The lowest BCUT2D eigenvalue weighted by Gasteiger charge is -2.20. The van der Waals surface area contributed by atoms with Gasteiger partial charge in [0, 0.05) is 5.69 Å². The first-order chi connectivity index (χ1) is 13.9. The number of nitrogens with one attached hydrogen (secondary N) is 1. The van der Waals surface area contributed by atoms with Crippen molar-refractivity contribution < 1.29 is 9.47 Å². The van der Waals surface area contributed by atoms with Crippen molar-refractivity contribution in [3.63, 3.8) is 0 Å². The van der Waals surface area contributed by atoms with Gasteiger partial charge in [-0.1, -0.05) is 63.2 Å². The van der Waals surface area contributed by atoms with Gasteiger partial charge in [-0.05, 0) is 59.9 Å². The van der Waals surface area contributed by atoms with E-state index in [0.717, 1.165) is 29.3 Å². The summed E-state index contributed by atoms with van der Waals surface area (Å²) in [7, 11) is 0. The molecule has 0 radical (unpaired) electrons. The summed E-state index contributed by atoms with van der Waals surface area (Å²) < 4.78 is 11.9. The summed E-state index contributed by atoms with van der Waals surface area (Å²) >= 11 is 0. The Bertz CT molecular complexity index is 865. The Balaban J connectivity index is 1.44. The smallest absolute Gasteiger partial charge is 0.119 e. The lowest BCUT2D eigenvalue weighted by molar-refractivity contribution is 0.234. The van der Waals surface area contributed by atoms with Crippen molar-refractivity contribution >= 4 is 5.69 Å². The molecule has 3 nitrogen and oxygen atoms in total. The summed E-state index contributed by atoms with van der Waals surface area (Å²) in [4.78, 5) is 0. The minimum atomic E-state index is 0.0597. The van der Waals surface area contributed by atoms with Crippen LogP contribution >= 0.6 is 0 Å². The molecule has 3 aromatic carbocycles. The summed E-state index contributed by atoms with van der Waals surface area (Å²) in [6, 6.07) is 26.6. The topological polar surface area (TPSA) is 30.5 Å². The van der Waals surface area contributed by atoms with Crippen LogP contribution in [0.5, 0.6) is 11.5 Å². The fourth-order valence-corrected chi connectivity index (χ4v) is 2.98. The van der Waals surface area contributed by atoms with E-state index in [0.29, 0.717) is 6.61 Å². The molecule has 0 aromatic heterocycles. The molecule has 29 heavy (non-hydrogen) atoms. The fraction of sp³-hybridized carbons (Fsp3) is 0.308. The average Bonchev–Trinajstić information content (AvgIpc) is 2.72. The second kappa shape index (κ2) is 9.51. The lowest BCUT2D eigenvalue weighted by Crippen LogP contribution is -2.22. The zero-order valence-corrected chi connectivity index (χ0v) is 17.8. The third-order valence-corrected chi connectivity index (χ3v) is 4.75. The molecule has 0 saturated heterocycles. The predicted molar refractivity (Wildman–Crippen MR) is 121 cm³/mol. The first kappa shape index (κ1) is 20.8. The molecule has 0 bridgehead atoms. The summed E-state index contributed by atoms with van der Waals surface area (Å²) in [5.74, 6) is 1.76. The highest BCUT2D eigenvalue weighted by atomic mass is 16.5. The molecule has 0 aliphatic carbocycles. The molecular weight excluding hydrogens is 358 g/mol. The zero-order chi connectivity index (χ0) is 20.7. The third kappa shape index (κ3) is 6.56. The molecule has 0 amide bonds. The number of anilines is 1. The molecule has 1 atom stereocenters. The number of rotatable bonds is 8. The monoisotopic (exact) mass is 389 g/mol. The van der Waals surface area contributed by atoms with Crippen LogP contribution in [0.1, 0.15) is 38.8 Å². The Morgan fingerprint density at radius 3 is 2.03 bits per heavy atom. The summed E-state index contributed by atoms with van der Waals surface area (Å²) in [5.41, 5.74) is 3.68. The number of hydrogen-bond acceptors (Lipinski definition) is 3. The lowest BCUT2D eigenvalue weighted by atomic mass is 9.87. The summed E-state index contributed by atoms with van der Waals surface area (Å²) in [6.07, 6.45) is 0.0597. The Hall–Kier alpha value is -2.94.